The zero-order valence-electron chi connectivity index (χ0n) is 13.8. The molecule has 3 rings (SSSR count). The lowest BCUT2D eigenvalue weighted by Crippen LogP contribution is -2.49. The van der Waals surface area contributed by atoms with Crippen LogP contribution in [0.15, 0.2) is 34.9 Å². The number of aryl methyl sites for hydroxylation is 2. The summed E-state index contributed by atoms with van der Waals surface area (Å²) in [4.78, 5) is 16.9. The molecule has 2 heterocycles. The number of methoxy groups -OCH3 is 1. The van der Waals surface area contributed by atoms with Crippen molar-refractivity contribution in [2.75, 3.05) is 38.2 Å². The molecule has 1 fully saturated rings. The van der Waals surface area contributed by atoms with Crippen molar-refractivity contribution in [3.8, 4) is 5.75 Å². The summed E-state index contributed by atoms with van der Waals surface area (Å²) >= 11 is 0. The highest BCUT2D eigenvalue weighted by atomic mass is 16.5. The Bertz CT molecular complexity index is 681. The fourth-order valence-corrected chi connectivity index (χ4v) is 3.09. The number of piperazine rings is 1. The Hall–Kier alpha value is -2.43. The van der Waals surface area contributed by atoms with E-state index >= 15 is 0 Å². The predicted molar refractivity (Wildman–Crippen MR) is 89.3 cm³/mol. The Kier molecular flexibility index (Phi) is 4.28. The summed E-state index contributed by atoms with van der Waals surface area (Å²) in [6.45, 7) is 6.73. The average molecular weight is 314 g/mol. The molecule has 1 aliphatic heterocycles. The molecule has 0 saturated carbocycles. The highest BCUT2D eigenvalue weighted by Gasteiger charge is 2.26. The molecule has 1 amide bonds. The predicted octanol–water partition coefficient (Wildman–Crippen LogP) is 2.87. The Morgan fingerprint density at radius 1 is 1.13 bits per heavy atom. The zero-order chi connectivity index (χ0) is 16.4. The number of hydrogen-bond donors (Lipinski definition) is 0. The smallest absolute Gasteiger partial charge is 0.257 e. The molecule has 1 aromatic carbocycles. The van der Waals surface area contributed by atoms with Gasteiger partial charge in [-0.15, -0.1) is 0 Å². The topological polar surface area (TPSA) is 45.9 Å². The lowest BCUT2D eigenvalue weighted by molar-refractivity contribution is 0.0744. The monoisotopic (exact) mass is 314 g/mol. The van der Waals surface area contributed by atoms with Gasteiger partial charge in [-0.2, -0.15) is 0 Å². The Balaban J connectivity index is 1.70. The summed E-state index contributed by atoms with van der Waals surface area (Å²) in [5, 5.41) is 0. The molecular formula is C18H22N2O3. The van der Waals surface area contributed by atoms with Crippen molar-refractivity contribution in [2.24, 2.45) is 0 Å². The van der Waals surface area contributed by atoms with E-state index in [4.69, 9.17) is 9.15 Å². The van der Waals surface area contributed by atoms with Crippen molar-refractivity contribution in [1.29, 1.82) is 0 Å². The fraction of sp³-hybridized carbons (Fsp3) is 0.389. The van der Waals surface area contributed by atoms with E-state index in [2.05, 4.69) is 11.0 Å². The number of hydrogen-bond acceptors (Lipinski definition) is 4. The standard InChI is InChI=1S/C18H22N2O3/c1-13-12-23-14(2)17(13)18(21)20-10-8-19(9-11-20)15-6-4-5-7-16(15)22-3/h4-7,12H,8-11H2,1-3H3. The third-order valence-corrected chi connectivity index (χ3v) is 4.37. The molecule has 0 atom stereocenters. The van der Waals surface area contributed by atoms with Crippen molar-refractivity contribution in [3.05, 3.63) is 47.4 Å². The molecule has 0 unspecified atom stereocenters. The third-order valence-electron chi connectivity index (χ3n) is 4.37. The van der Waals surface area contributed by atoms with Crippen LogP contribution in [-0.4, -0.2) is 44.1 Å². The van der Waals surface area contributed by atoms with Gasteiger partial charge in [0, 0.05) is 31.7 Å². The minimum Gasteiger partial charge on any atom is -0.495 e. The molecular weight excluding hydrogens is 292 g/mol. The molecule has 2 aromatic rings. The van der Waals surface area contributed by atoms with Crippen molar-refractivity contribution in [3.63, 3.8) is 0 Å². The molecule has 1 aliphatic rings. The van der Waals surface area contributed by atoms with Crippen molar-refractivity contribution in [1.82, 2.24) is 4.90 Å². The van der Waals surface area contributed by atoms with Gasteiger partial charge in [-0.1, -0.05) is 12.1 Å². The molecule has 0 bridgehead atoms. The van der Waals surface area contributed by atoms with E-state index in [1.165, 1.54) is 0 Å². The second kappa shape index (κ2) is 6.36. The van der Waals surface area contributed by atoms with Crippen LogP contribution >= 0.6 is 0 Å². The number of para-hydroxylation sites is 2. The van der Waals surface area contributed by atoms with Gasteiger partial charge in [0.15, 0.2) is 0 Å². The van der Waals surface area contributed by atoms with Gasteiger partial charge in [-0.3, -0.25) is 4.79 Å². The van der Waals surface area contributed by atoms with Crippen molar-refractivity contribution < 1.29 is 13.9 Å². The molecule has 1 saturated heterocycles. The fourth-order valence-electron chi connectivity index (χ4n) is 3.09. The largest absolute Gasteiger partial charge is 0.495 e. The summed E-state index contributed by atoms with van der Waals surface area (Å²) < 4.78 is 10.8. The van der Waals surface area contributed by atoms with Gasteiger partial charge in [-0.05, 0) is 26.0 Å². The Labute approximate surface area is 136 Å². The number of rotatable bonds is 3. The molecule has 122 valence electrons. The van der Waals surface area contributed by atoms with Crippen LogP contribution in [0.5, 0.6) is 5.75 Å². The molecule has 0 spiro atoms. The van der Waals surface area contributed by atoms with E-state index in [-0.39, 0.29) is 5.91 Å². The van der Waals surface area contributed by atoms with Gasteiger partial charge < -0.3 is 19.0 Å². The SMILES string of the molecule is COc1ccccc1N1CCN(C(=O)c2c(C)coc2C)CC1. The van der Waals surface area contributed by atoms with Gasteiger partial charge in [0.05, 0.1) is 24.6 Å². The summed E-state index contributed by atoms with van der Waals surface area (Å²) in [7, 11) is 1.68. The molecule has 5 heteroatoms. The van der Waals surface area contributed by atoms with Gasteiger partial charge in [-0.25, -0.2) is 0 Å². The van der Waals surface area contributed by atoms with Crippen LogP contribution in [-0.2, 0) is 0 Å². The second-order valence-electron chi connectivity index (χ2n) is 5.80. The average Bonchev–Trinajstić information content (AvgIpc) is 2.93. The number of nitrogens with zero attached hydrogens (tertiary/aromatic N) is 2. The van der Waals surface area contributed by atoms with E-state index in [0.717, 1.165) is 30.1 Å². The quantitative estimate of drug-likeness (QED) is 0.874. The first-order valence-electron chi connectivity index (χ1n) is 7.83. The van der Waals surface area contributed by atoms with Crippen molar-refractivity contribution >= 4 is 11.6 Å². The minimum absolute atomic E-state index is 0.0634. The van der Waals surface area contributed by atoms with Gasteiger partial charge in [0.1, 0.15) is 11.5 Å². The lowest BCUT2D eigenvalue weighted by Gasteiger charge is -2.36. The molecule has 1 aromatic heterocycles. The number of carbonyl (C=O) groups excluding carboxylic acids is 1. The number of ether oxygens (including phenoxy) is 1. The normalized spacial score (nSPS) is 14.9. The number of furan rings is 1. The van der Waals surface area contributed by atoms with Crippen LogP contribution in [0.3, 0.4) is 0 Å². The van der Waals surface area contributed by atoms with Gasteiger partial charge in [0.25, 0.3) is 5.91 Å². The Morgan fingerprint density at radius 3 is 2.43 bits per heavy atom. The number of anilines is 1. The van der Waals surface area contributed by atoms with Crippen LogP contribution < -0.4 is 9.64 Å². The first-order chi connectivity index (χ1) is 11.1. The van der Waals surface area contributed by atoms with Gasteiger partial charge in [0.2, 0.25) is 0 Å². The highest BCUT2D eigenvalue weighted by Crippen LogP contribution is 2.28. The molecule has 0 N–H and O–H groups in total. The minimum atomic E-state index is 0.0634. The zero-order valence-corrected chi connectivity index (χ0v) is 13.8. The summed E-state index contributed by atoms with van der Waals surface area (Å²) in [5.41, 5.74) is 2.69. The van der Waals surface area contributed by atoms with Crippen LogP contribution in [0, 0.1) is 13.8 Å². The van der Waals surface area contributed by atoms with E-state index in [1.54, 1.807) is 13.4 Å². The van der Waals surface area contributed by atoms with Crippen LogP contribution in [0.4, 0.5) is 5.69 Å². The summed E-state index contributed by atoms with van der Waals surface area (Å²) in [6.07, 6.45) is 1.65. The Morgan fingerprint density at radius 2 is 1.83 bits per heavy atom. The maximum Gasteiger partial charge on any atom is 0.257 e. The molecule has 23 heavy (non-hydrogen) atoms. The summed E-state index contributed by atoms with van der Waals surface area (Å²) in [6, 6.07) is 7.99. The van der Waals surface area contributed by atoms with Crippen LogP contribution in [0.1, 0.15) is 21.7 Å². The van der Waals surface area contributed by atoms with E-state index in [1.807, 2.05) is 36.9 Å². The molecule has 5 nitrogen and oxygen atoms in total. The summed E-state index contributed by atoms with van der Waals surface area (Å²) in [5.74, 6) is 1.63. The molecule has 0 radical (unpaired) electrons. The lowest BCUT2D eigenvalue weighted by atomic mass is 10.1. The first kappa shape index (κ1) is 15.5. The van der Waals surface area contributed by atoms with E-state index in [9.17, 15) is 4.79 Å². The van der Waals surface area contributed by atoms with Crippen molar-refractivity contribution in [2.45, 2.75) is 13.8 Å². The highest BCUT2D eigenvalue weighted by molar-refractivity contribution is 5.96. The number of carbonyl (C=O) groups is 1. The third kappa shape index (κ3) is 2.91. The van der Waals surface area contributed by atoms with E-state index < -0.39 is 0 Å². The number of benzene rings is 1. The van der Waals surface area contributed by atoms with E-state index in [0.29, 0.717) is 24.4 Å². The number of amides is 1. The first-order valence-corrected chi connectivity index (χ1v) is 7.83. The second-order valence-corrected chi connectivity index (χ2v) is 5.80. The van der Waals surface area contributed by atoms with Crippen LogP contribution in [0.2, 0.25) is 0 Å². The molecule has 0 aliphatic carbocycles. The maximum absolute atomic E-state index is 12.7. The maximum atomic E-state index is 12.7. The van der Waals surface area contributed by atoms with Crippen LogP contribution in [0.25, 0.3) is 0 Å². The van der Waals surface area contributed by atoms with Gasteiger partial charge >= 0.3 is 0 Å².